The van der Waals surface area contributed by atoms with Crippen molar-refractivity contribution in [2.75, 3.05) is 0 Å². The molecule has 0 spiro atoms. The molecule has 1 aliphatic heterocycles. The van der Waals surface area contributed by atoms with E-state index in [1.807, 2.05) is 0 Å². The van der Waals surface area contributed by atoms with Crippen molar-refractivity contribution in [3.8, 4) is 0 Å². The zero-order chi connectivity index (χ0) is 14.3. The van der Waals surface area contributed by atoms with Crippen LogP contribution in [0.4, 0.5) is 0 Å². The predicted octanol–water partition coefficient (Wildman–Crippen LogP) is 0.168. The van der Waals surface area contributed by atoms with E-state index >= 15 is 0 Å². The van der Waals surface area contributed by atoms with Crippen LogP contribution in [0.1, 0.15) is 38.5 Å². The maximum Gasteiger partial charge on any atom is 0.343 e. The van der Waals surface area contributed by atoms with E-state index in [0.717, 1.165) is 6.29 Å². The summed E-state index contributed by atoms with van der Waals surface area (Å²) in [4.78, 5) is 59.6. The SMILES string of the molecule is O=CCCCCC(C=O)C(=O)ON1C(=O)CCC1=O. The fraction of sp³-hybridized carbons (Fsp3) is 0.583. The molecule has 7 nitrogen and oxygen atoms in total. The van der Waals surface area contributed by atoms with Crippen molar-refractivity contribution in [2.45, 2.75) is 38.5 Å². The Hall–Kier alpha value is -2.05. The second-order valence-electron chi connectivity index (χ2n) is 4.19. The number of unbranched alkanes of at least 4 members (excludes halogenated alkanes) is 2. The van der Waals surface area contributed by atoms with E-state index in [9.17, 15) is 24.0 Å². The third kappa shape index (κ3) is 4.27. The van der Waals surface area contributed by atoms with Gasteiger partial charge in [-0.15, -0.1) is 5.06 Å². The van der Waals surface area contributed by atoms with Crippen molar-refractivity contribution in [1.29, 1.82) is 0 Å². The lowest BCUT2D eigenvalue weighted by Crippen LogP contribution is -2.35. The van der Waals surface area contributed by atoms with E-state index in [2.05, 4.69) is 4.84 Å². The molecule has 1 unspecified atom stereocenters. The molecule has 1 aliphatic rings. The molecule has 104 valence electrons. The zero-order valence-corrected chi connectivity index (χ0v) is 10.4. The molecule has 0 radical (unpaired) electrons. The summed E-state index contributed by atoms with van der Waals surface area (Å²) < 4.78 is 0. The summed E-state index contributed by atoms with van der Waals surface area (Å²) in [5, 5.41) is 0.421. The standard InChI is InChI=1S/C12H15NO6/c14-7-3-1-2-4-9(8-15)12(18)19-13-10(16)5-6-11(13)17/h7-9H,1-6H2. The molecule has 0 saturated carbocycles. The van der Waals surface area contributed by atoms with Crippen molar-refractivity contribution in [3.63, 3.8) is 0 Å². The van der Waals surface area contributed by atoms with Gasteiger partial charge in [-0.25, -0.2) is 4.79 Å². The van der Waals surface area contributed by atoms with E-state index in [4.69, 9.17) is 0 Å². The van der Waals surface area contributed by atoms with Gasteiger partial charge in [-0.3, -0.25) is 9.59 Å². The van der Waals surface area contributed by atoms with Gasteiger partial charge in [-0.2, -0.15) is 0 Å². The van der Waals surface area contributed by atoms with E-state index in [-0.39, 0.29) is 19.3 Å². The maximum absolute atomic E-state index is 11.6. The highest BCUT2D eigenvalue weighted by Crippen LogP contribution is 2.15. The van der Waals surface area contributed by atoms with Crippen molar-refractivity contribution in [3.05, 3.63) is 0 Å². The van der Waals surface area contributed by atoms with Crippen LogP contribution in [0, 0.1) is 5.92 Å². The lowest BCUT2D eigenvalue weighted by Gasteiger charge is -2.15. The highest BCUT2D eigenvalue weighted by molar-refractivity contribution is 6.02. The monoisotopic (exact) mass is 269 g/mol. The van der Waals surface area contributed by atoms with Crippen LogP contribution in [0.25, 0.3) is 0 Å². The number of rotatable bonds is 8. The summed E-state index contributed by atoms with van der Waals surface area (Å²) in [7, 11) is 0. The molecule has 19 heavy (non-hydrogen) atoms. The first kappa shape index (κ1) is 15.0. The third-order valence-corrected chi connectivity index (χ3v) is 2.74. The molecule has 0 aromatic rings. The molecule has 1 fully saturated rings. The van der Waals surface area contributed by atoms with E-state index in [0.29, 0.717) is 30.6 Å². The topological polar surface area (TPSA) is 97.8 Å². The number of carbonyl (C=O) groups is 5. The Balaban J connectivity index is 2.44. The Morgan fingerprint density at radius 1 is 1.21 bits per heavy atom. The van der Waals surface area contributed by atoms with Gasteiger partial charge in [0.05, 0.1) is 0 Å². The molecule has 1 saturated heterocycles. The lowest BCUT2D eigenvalue weighted by molar-refractivity contribution is -0.200. The normalized spacial score (nSPS) is 16.3. The van der Waals surface area contributed by atoms with Crippen LogP contribution >= 0.6 is 0 Å². The number of hydrogen-bond acceptors (Lipinski definition) is 6. The van der Waals surface area contributed by atoms with Crippen LogP contribution in [-0.4, -0.2) is 35.4 Å². The number of imide groups is 1. The highest BCUT2D eigenvalue weighted by Gasteiger charge is 2.34. The lowest BCUT2D eigenvalue weighted by atomic mass is 10.0. The minimum Gasteiger partial charge on any atom is -0.330 e. The fourth-order valence-electron chi connectivity index (χ4n) is 1.65. The summed E-state index contributed by atoms with van der Waals surface area (Å²) in [6.45, 7) is 0. The molecule has 0 aromatic heterocycles. The largest absolute Gasteiger partial charge is 0.343 e. The van der Waals surface area contributed by atoms with Gasteiger partial charge in [0.15, 0.2) is 0 Å². The van der Waals surface area contributed by atoms with Gasteiger partial charge in [0.1, 0.15) is 18.5 Å². The molecule has 0 bridgehead atoms. The number of hydrogen-bond donors (Lipinski definition) is 0. The second kappa shape index (κ2) is 7.40. The van der Waals surface area contributed by atoms with Gasteiger partial charge >= 0.3 is 5.97 Å². The number of aldehydes is 2. The summed E-state index contributed by atoms with van der Waals surface area (Å²) in [5.41, 5.74) is 0. The van der Waals surface area contributed by atoms with Crippen LogP contribution in [0.2, 0.25) is 0 Å². The summed E-state index contributed by atoms with van der Waals surface area (Å²) in [6, 6.07) is 0. The predicted molar refractivity (Wildman–Crippen MR) is 61.3 cm³/mol. The second-order valence-corrected chi connectivity index (χ2v) is 4.19. The zero-order valence-electron chi connectivity index (χ0n) is 10.4. The smallest absolute Gasteiger partial charge is 0.330 e. The molecule has 1 heterocycles. The fourth-order valence-corrected chi connectivity index (χ4v) is 1.65. The van der Waals surface area contributed by atoms with Gasteiger partial charge in [-0.05, 0) is 12.8 Å². The number of amides is 2. The summed E-state index contributed by atoms with van der Waals surface area (Å²) in [5.74, 6) is -3.09. The molecule has 0 aliphatic carbocycles. The number of hydroxylamine groups is 2. The first-order valence-electron chi connectivity index (χ1n) is 6.06. The van der Waals surface area contributed by atoms with Gasteiger partial charge < -0.3 is 14.4 Å². The van der Waals surface area contributed by atoms with Crippen molar-refractivity contribution < 1.29 is 28.8 Å². The quantitative estimate of drug-likeness (QED) is 0.269. The molecule has 2 amide bonds. The van der Waals surface area contributed by atoms with E-state index < -0.39 is 23.7 Å². The maximum atomic E-state index is 11.6. The van der Waals surface area contributed by atoms with Crippen LogP contribution in [-0.2, 0) is 28.8 Å². The Kier molecular flexibility index (Phi) is 5.84. The van der Waals surface area contributed by atoms with Gasteiger partial charge in [0.25, 0.3) is 11.8 Å². The number of carbonyl (C=O) groups excluding carboxylic acids is 5. The summed E-state index contributed by atoms with van der Waals surface area (Å²) >= 11 is 0. The van der Waals surface area contributed by atoms with Crippen LogP contribution in [0.5, 0.6) is 0 Å². The first-order chi connectivity index (χ1) is 9.10. The van der Waals surface area contributed by atoms with Gasteiger partial charge in [0.2, 0.25) is 0 Å². The molecule has 1 atom stereocenters. The molecule has 0 aromatic carbocycles. The Labute approximate surface area is 109 Å². The first-order valence-corrected chi connectivity index (χ1v) is 6.06. The van der Waals surface area contributed by atoms with Gasteiger partial charge in [-0.1, -0.05) is 6.42 Å². The minimum absolute atomic E-state index is 0.0111. The van der Waals surface area contributed by atoms with E-state index in [1.165, 1.54) is 0 Å². The third-order valence-electron chi connectivity index (χ3n) is 2.74. The molecular formula is C12H15NO6. The Morgan fingerprint density at radius 2 is 1.84 bits per heavy atom. The molecule has 0 N–H and O–H groups in total. The average molecular weight is 269 g/mol. The van der Waals surface area contributed by atoms with E-state index in [1.54, 1.807) is 0 Å². The molecular weight excluding hydrogens is 254 g/mol. The van der Waals surface area contributed by atoms with Crippen LogP contribution < -0.4 is 0 Å². The van der Waals surface area contributed by atoms with Crippen molar-refractivity contribution in [1.82, 2.24) is 5.06 Å². The van der Waals surface area contributed by atoms with Crippen molar-refractivity contribution in [2.24, 2.45) is 5.92 Å². The Morgan fingerprint density at radius 3 is 2.37 bits per heavy atom. The molecule has 7 heteroatoms. The molecule has 1 rings (SSSR count). The van der Waals surface area contributed by atoms with Gasteiger partial charge in [0, 0.05) is 19.3 Å². The van der Waals surface area contributed by atoms with Crippen molar-refractivity contribution >= 4 is 30.4 Å². The summed E-state index contributed by atoms with van der Waals surface area (Å²) in [6.07, 6.45) is 2.89. The Bertz CT molecular complexity index is 376. The number of nitrogens with zero attached hydrogens (tertiary/aromatic N) is 1. The average Bonchev–Trinajstić information content (AvgIpc) is 2.70. The highest BCUT2D eigenvalue weighted by atomic mass is 16.7. The van der Waals surface area contributed by atoms with Crippen LogP contribution in [0.15, 0.2) is 0 Å². The minimum atomic E-state index is -1.02. The van der Waals surface area contributed by atoms with Crippen LogP contribution in [0.3, 0.4) is 0 Å².